The lowest BCUT2D eigenvalue weighted by molar-refractivity contribution is -0.126. The molecule has 0 saturated carbocycles. The van der Waals surface area contributed by atoms with Crippen molar-refractivity contribution in [2.24, 2.45) is 17.0 Å². The van der Waals surface area contributed by atoms with Gasteiger partial charge in [0.1, 0.15) is 6.61 Å². The van der Waals surface area contributed by atoms with Gasteiger partial charge in [0.2, 0.25) is 5.91 Å². The van der Waals surface area contributed by atoms with Crippen molar-refractivity contribution in [3.8, 4) is 0 Å². The molecule has 0 aromatic rings. The molecule has 0 aromatic heterocycles. The maximum absolute atomic E-state index is 12.3. The summed E-state index contributed by atoms with van der Waals surface area (Å²) in [4.78, 5) is 25.1. The third-order valence-electron chi connectivity index (χ3n) is 4.36. The van der Waals surface area contributed by atoms with Gasteiger partial charge < -0.3 is 24.9 Å². The molecule has 0 aliphatic carbocycles. The minimum absolute atomic E-state index is 0.0125. The van der Waals surface area contributed by atoms with Gasteiger partial charge in [-0.1, -0.05) is 18.2 Å². The van der Waals surface area contributed by atoms with Gasteiger partial charge in [0.05, 0.1) is 12.2 Å². The number of allylic oxidation sites excluding steroid dienone is 1. The number of carbonyl (C=O) groups excluding carboxylic acids is 2. The lowest BCUT2D eigenvalue weighted by Crippen LogP contribution is -2.37. The summed E-state index contributed by atoms with van der Waals surface area (Å²) in [6.45, 7) is 2.17. The molecule has 134 valence electrons. The summed E-state index contributed by atoms with van der Waals surface area (Å²) < 4.78 is 11.1. The molecule has 2 amide bonds. The minimum Gasteiger partial charge on any atom is -0.447 e. The summed E-state index contributed by atoms with van der Waals surface area (Å²) in [5.74, 6) is -0.270. The van der Waals surface area contributed by atoms with Crippen molar-refractivity contribution >= 4 is 17.8 Å². The molecule has 2 rings (SSSR count). The van der Waals surface area contributed by atoms with Crippen LogP contribution in [0.2, 0.25) is 0 Å². The Hall–Kier alpha value is -2.09. The Bertz CT molecular complexity index is 532. The number of amidine groups is 1. The number of carbonyl (C=O) groups is 2. The van der Waals surface area contributed by atoms with Gasteiger partial charge in [0.15, 0.2) is 5.84 Å². The average Bonchev–Trinajstić information content (AvgIpc) is 2.95. The maximum atomic E-state index is 12.3. The highest BCUT2D eigenvalue weighted by Crippen LogP contribution is 2.29. The number of amides is 2. The molecular weight excluding hydrogens is 314 g/mol. The Balaban J connectivity index is 1.85. The van der Waals surface area contributed by atoms with Gasteiger partial charge in [-0.25, -0.2) is 4.79 Å². The van der Waals surface area contributed by atoms with Crippen LogP contribution in [-0.4, -0.2) is 60.9 Å². The number of ether oxygens (including phenoxy) is 2. The van der Waals surface area contributed by atoms with Crippen molar-refractivity contribution in [1.82, 2.24) is 10.2 Å². The summed E-state index contributed by atoms with van der Waals surface area (Å²) in [6, 6.07) is 0. The molecule has 24 heavy (non-hydrogen) atoms. The number of hydrogen-bond acceptors (Lipinski definition) is 6. The number of nitrogens with zero attached hydrogens (tertiary/aromatic N) is 2. The lowest BCUT2D eigenvalue weighted by atomic mass is 9.87. The van der Waals surface area contributed by atoms with Crippen molar-refractivity contribution < 1.29 is 24.3 Å². The quantitative estimate of drug-likeness (QED) is 0.595. The molecule has 1 fully saturated rings. The summed E-state index contributed by atoms with van der Waals surface area (Å²) in [5, 5.41) is 14.5. The zero-order chi connectivity index (χ0) is 17.7. The fourth-order valence-electron chi connectivity index (χ4n) is 2.91. The Kier molecular flexibility index (Phi) is 6.19. The second-order valence-electron chi connectivity index (χ2n) is 6.46. The van der Waals surface area contributed by atoms with E-state index in [-0.39, 0.29) is 48.5 Å². The molecule has 8 nitrogen and oxygen atoms in total. The molecule has 2 aliphatic rings. The SMILES string of the molecule is CC1C=CC(=NO)NC(=O)C1C[C@H]1CC[C@@H](COC(=O)N(C)C)O1. The lowest BCUT2D eigenvalue weighted by Gasteiger charge is -2.22. The second-order valence-corrected chi connectivity index (χ2v) is 6.46. The van der Waals surface area contributed by atoms with Crippen molar-refractivity contribution in [2.45, 2.75) is 38.4 Å². The smallest absolute Gasteiger partial charge is 0.409 e. The van der Waals surface area contributed by atoms with Crippen LogP contribution in [0, 0.1) is 11.8 Å². The minimum atomic E-state index is -0.389. The van der Waals surface area contributed by atoms with E-state index in [0.29, 0.717) is 6.42 Å². The monoisotopic (exact) mass is 339 g/mol. The average molecular weight is 339 g/mol. The van der Waals surface area contributed by atoms with Crippen LogP contribution in [0.1, 0.15) is 26.2 Å². The first-order chi connectivity index (χ1) is 11.4. The first-order valence-electron chi connectivity index (χ1n) is 8.11. The van der Waals surface area contributed by atoms with Crippen LogP contribution < -0.4 is 5.32 Å². The molecule has 1 saturated heterocycles. The first-order valence-corrected chi connectivity index (χ1v) is 8.11. The molecular formula is C16H25N3O5. The Morgan fingerprint density at radius 2 is 2.17 bits per heavy atom. The topological polar surface area (TPSA) is 100 Å². The van der Waals surface area contributed by atoms with Crippen LogP contribution in [-0.2, 0) is 14.3 Å². The molecule has 0 bridgehead atoms. The fraction of sp³-hybridized carbons (Fsp3) is 0.688. The highest BCUT2D eigenvalue weighted by molar-refractivity contribution is 6.05. The van der Waals surface area contributed by atoms with E-state index < -0.39 is 0 Å². The Labute approximate surface area is 141 Å². The van der Waals surface area contributed by atoms with Crippen molar-refractivity contribution in [3.63, 3.8) is 0 Å². The van der Waals surface area contributed by atoms with Crippen molar-refractivity contribution in [3.05, 3.63) is 12.2 Å². The molecule has 4 atom stereocenters. The van der Waals surface area contributed by atoms with Gasteiger partial charge in [0.25, 0.3) is 0 Å². The van der Waals surface area contributed by atoms with Gasteiger partial charge in [-0.05, 0) is 31.3 Å². The van der Waals surface area contributed by atoms with Gasteiger partial charge >= 0.3 is 6.09 Å². The largest absolute Gasteiger partial charge is 0.447 e. The number of oxime groups is 1. The summed E-state index contributed by atoms with van der Waals surface area (Å²) in [5.41, 5.74) is 0. The molecule has 0 spiro atoms. The highest BCUT2D eigenvalue weighted by Gasteiger charge is 2.34. The third-order valence-corrected chi connectivity index (χ3v) is 4.36. The van der Waals surface area contributed by atoms with E-state index in [1.165, 1.54) is 4.90 Å². The number of nitrogens with one attached hydrogen (secondary N) is 1. The second kappa shape index (κ2) is 8.14. The summed E-state index contributed by atoms with van der Waals surface area (Å²) in [7, 11) is 3.26. The van der Waals surface area contributed by atoms with E-state index in [0.717, 1.165) is 12.8 Å². The highest BCUT2D eigenvalue weighted by atomic mass is 16.6. The predicted molar refractivity (Wildman–Crippen MR) is 86.7 cm³/mol. The van der Waals surface area contributed by atoms with E-state index in [9.17, 15) is 9.59 Å². The number of rotatable bonds is 4. The van der Waals surface area contributed by atoms with E-state index in [2.05, 4.69) is 10.5 Å². The van der Waals surface area contributed by atoms with Crippen LogP contribution in [0.25, 0.3) is 0 Å². The van der Waals surface area contributed by atoms with Crippen LogP contribution >= 0.6 is 0 Å². The zero-order valence-corrected chi connectivity index (χ0v) is 14.3. The van der Waals surface area contributed by atoms with E-state index in [4.69, 9.17) is 14.7 Å². The van der Waals surface area contributed by atoms with E-state index in [1.54, 1.807) is 20.2 Å². The maximum Gasteiger partial charge on any atom is 0.409 e. The molecule has 2 N–H and O–H groups in total. The Morgan fingerprint density at radius 1 is 1.46 bits per heavy atom. The van der Waals surface area contributed by atoms with Crippen molar-refractivity contribution in [1.29, 1.82) is 0 Å². The Morgan fingerprint density at radius 3 is 2.83 bits per heavy atom. The summed E-state index contributed by atoms with van der Waals surface area (Å²) >= 11 is 0. The van der Waals surface area contributed by atoms with Crippen LogP contribution in [0.15, 0.2) is 17.3 Å². The zero-order valence-electron chi connectivity index (χ0n) is 14.3. The van der Waals surface area contributed by atoms with Crippen molar-refractivity contribution in [2.75, 3.05) is 20.7 Å². The molecule has 2 aliphatic heterocycles. The molecule has 2 heterocycles. The van der Waals surface area contributed by atoms with Gasteiger partial charge in [-0.2, -0.15) is 0 Å². The van der Waals surface area contributed by atoms with Crippen LogP contribution in [0.5, 0.6) is 0 Å². The van der Waals surface area contributed by atoms with Crippen LogP contribution in [0.3, 0.4) is 0 Å². The molecule has 0 radical (unpaired) electrons. The van der Waals surface area contributed by atoms with E-state index >= 15 is 0 Å². The molecule has 2 unspecified atom stereocenters. The van der Waals surface area contributed by atoms with Gasteiger partial charge in [-0.3, -0.25) is 4.79 Å². The normalized spacial score (nSPS) is 31.6. The summed E-state index contributed by atoms with van der Waals surface area (Å²) in [6.07, 6.45) is 5.08. The third kappa shape index (κ3) is 4.70. The predicted octanol–water partition coefficient (Wildman–Crippen LogP) is 1.35. The molecule has 8 heteroatoms. The molecule has 0 aromatic carbocycles. The first kappa shape index (κ1) is 18.3. The van der Waals surface area contributed by atoms with Gasteiger partial charge in [-0.15, -0.1) is 0 Å². The number of hydrogen-bond donors (Lipinski definition) is 2. The van der Waals surface area contributed by atoms with E-state index in [1.807, 2.05) is 13.0 Å². The van der Waals surface area contributed by atoms with Crippen LogP contribution in [0.4, 0.5) is 4.79 Å². The standard InChI is InChI=1S/C16H25N3O5/c1-10-4-7-14(18-22)17-15(20)13(10)8-11-5-6-12(24-11)9-23-16(21)19(2)3/h4,7,10-13,22H,5-6,8-9H2,1-3H3,(H,17,18,20)/t10?,11-,12+,13?/m1/s1. The van der Waals surface area contributed by atoms with Gasteiger partial charge in [0, 0.05) is 20.0 Å². The fourth-order valence-corrected chi connectivity index (χ4v) is 2.91.